The van der Waals surface area contributed by atoms with Gasteiger partial charge in [-0.1, -0.05) is 64.5 Å². The van der Waals surface area contributed by atoms with Crippen LogP contribution in [0.2, 0.25) is 0 Å². The molecule has 0 spiro atoms. The smallest absolute Gasteiger partial charge is 0.254 e. The zero-order valence-electron chi connectivity index (χ0n) is 16.1. The van der Waals surface area contributed by atoms with Gasteiger partial charge in [-0.15, -0.1) is 0 Å². The number of rotatable bonds is 3. The SMILES string of the molecule is C[C@@H]1C(=O)N(c2ccccc2-c2ccccc2)CCN1C(=O)c1ccc(Br)cc1. The molecule has 3 aromatic rings. The maximum atomic E-state index is 13.2. The second-order valence-electron chi connectivity index (χ2n) is 7.05. The molecule has 0 bridgehead atoms. The summed E-state index contributed by atoms with van der Waals surface area (Å²) in [7, 11) is 0. The number of piperazine rings is 1. The lowest BCUT2D eigenvalue weighted by Crippen LogP contribution is -2.57. The normalized spacial score (nSPS) is 16.8. The van der Waals surface area contributed by atoms with Gasteiger partial charge in [0, 0.05) is 28.7 Å². The fourth-order valence-corrected chi connectivity index (χ4v) is 3.98. The van der Waals surface area contributed by atoms with Gasteiger partial charge in [-0.2, -0.15) is 0 Å². The molecule has 29 heavy (non-hydrogen) atoms. The predicted molar refractivity (Wildman–Crippen MR) is 119 cm³/mol. The average Bonchev–Trinajstić information content (AvgIpc) is 2.76. The number of hydrogen-bond acceptors (Lipinski definition) is 2. The number of carbonyl (C=O) groups is 2. The summed E-state index contributed by atoms with van der Waals surface area (Å²) in [5.74, 6) is -0.181. The van der Waals surface area contributed by atoms with Crippen molar-refractivity contribution in [2.24, 2.45) is 0 Å². The van der Waals surface area contributed by atoms with Crippen LogP contribution in [0.3, 0.4) is 0 Å². The Bertz CT molecular complexity index is 1030. The Balaban J connectivity index is 1.60. The highest BCUT2D eigenvalue weighted by Gasteiger charge is 2.36. The minimum absolute atomic E-state index is 0.0647. The number of hydrogen-bond donors (Lipinski definition) is 0. The van der Waals surface area contributed by atoms with E-state index in [1.54, 1.807) is 28.9 Å². The first kappa shape index (κ1) is 19.4. The van der Waals surface area contributed by atoms with Crippen molar-refractivity contribution in [1.82, 2.24) is 4.90 Å². The van der Waals surface area contributed by atoms with Crippen LogP contribution in [-0.2, 0) is 4.79 Å². The molecule has 5 heteroatoms. The Kier molecular flexibility index (Phi) is 5.49. The third-order valence-electron chi connectivity index (χ3n) is 5.29. The van der Waals surface area contributed by atoms with Gasteiger partial charge in [0.25, 0.3) is 5.91 Å². The zero-order chi connectivity index (χ0) is 20.4. The van der Waals surface area contributed by atoms with Crippen molar-refractivity contribution < 1.29 is 9.59 Å². The summed E-state index contributed by atoms with van der Waals surface area (Å²) in [6.45, 7) is 2.76. The van der Waals surface area contributed by atoms with E-state index in [0.29, 0.717) is 18.7 Å². The molecule has 1 fully saturated rings. The van der Waals surface area contributed by atoms with Crippen molar-refractivity contribution >= 4 is 33.4 Å². The number of para-hydroxylation sites is 1. The minimum atomic E-state index is -0.524. The minimum Gasteiger partial charge on any atom is -0.325 e. The van der Waals surface area contributed by atoms with E-state index < -0.39 is 6.04 Å². The molecule has 1 aliphatic heterocycles. The Morgan fingerprint density at radius 3 is 2.28 bits per heavy atom. The molecule has 4 rings (SSSR count). The topological polar surface area (TPSA) is 40.6 Å². The van der Waals surface area contributed by atoms with Crippen molar-refractivity contribution in [2.75, 3.05) is 18.0 Å². The summed E-state index contributed by atoms with van der Waals surface area (Å²) in [6, 6.07) is 24.7. The monoisotopic (exact) mass is 448 g/mol. The molecule has 4 nitrogen and oxygen atoms in total. The fourth-order valence-electron chi connectivity index (χ4n) is 3.72. The van der Waals surface area contributed by atoms with Gasteiger partial charge in [0.1, 0.15) is 6.04 Å². The molecule has 146 valence electrons. The van der Waals surface area contributed by atoms with Gasteiger partial charge in [-0.05, 0) is 42.8 Å². The molecule has 0 aromatic heterocycles. The zero-order valence-corrected chi connectivity index (χ0v) is 17.7. The summed E-state index contributed by atoms with van der Waals surface area (Å²) in [5.41, 5.74) is 3.55. The second kappa shape index (κ2) is 8.21. The number of nitrogens with zero attached hydrogens (tertiary/aromatic N) is 2. The molecule has 0 saturated carbocycles. The number of amides is 2. The lowest BCUT2D eigenvalue weighted by atomic mass is 10.0. The number of benzene rings is 3. The largest absolute Gasteiger partial charge is 0.325 e. The predicted octanol–water partition coefficient (Wildman–Crippen LogP) is 4.99. The Morgan fingerprint density at radius 1 is 0.897 bits per heavy atom. The van der Waals surface area contributed by atoms with E-state index in [4.69, 9.17) is 0 Å². The molecule has 3 aromatic carbocycles. The van der Waals surface area contributed by atoms with Gasteiger partial charge in [-0.25, -0.2) is 0 Å². The van der Waals surface area contributed by atoms with Crippen LogP contribution >= 0.6 is 15.9 Å². The summed E-state index contributed by atoms with van der Waals surface area (Å²) >= 11 is 3.39. The summed E-state index contributed by atoms with van der Waals surface area (Å²) in [6.07, 6.45) is 0. The lowest BCUT2D eigenvalue weighted by molar-refractivity contribution is -0.124. The first-order chi connectivity index (χ1) is 14.1. The van der Waals surface area contributed by atoms with Crippen molar-refractivity contribution in [2.45, 2.75) is 13.0 Å². The number of carbonyl (C=O) groups excluding carboxylic acids is 2. The average molecular weight is 449 g/mol. The van der Waals surface area contributed by atoms with Gasteiger partial charge in [-0.3, -0.25) is 9.59 Å². The molecule has 0 aliphatic carbocycles. The molecular formula is C24H21BrN2O2. The highest BCUT2D eigenvalue weighted by molar-refractivity contribution is 9.10. The van der Waals surface area contributed by atoms with Crippen LogP contribution in [0, 0.1) is 0 Å². The number of anilines is 1. The molecule has 1 heterocycles. The Labute approximate surface area is 178 Å². The first-order valence-electron chi connectivity index (χ1n) is 9.58. The van der Waals surface area contributed by atoms with Crippen LogP contribution in [-0.4, -0.2) is 35.8 Å². The van der Waals surface area contributed by atoms with E-state index in [1.807, 2.05) is 66.7 Å². The molecule has 0 radical (unpaired) electrons. The van der Waals surface area contributed by atoms with Crippen LogP contribution in [0.1, 0.15) is 17.3 Å². The fraction of sp³-hybridized carbons (Fsp3) is 0.167. The maximum absolute atomic E-state index is 13.2. The van der Waals surface area contributed by atoms with Gasteiger partial charge in [0.05, 0.1) is 5.69 Å². The lowest BCUT2D eigenvalue weighted by Gasteiger charge is -2.39. The van der Waals surface area contributed by atoms with Gasteiger partial charge in [0.15, 0.2) is 0 Å². The molecule has 1 atom stereocenters. The van der Waals surface area contributed by atoms with Crippen molar-refractivity contribution in [3.05, 3.63) is 88.9 Å². The highest BCUT2D eigenvalue weighted by Crippen LogP contribution is 2.32. The summed E-state index contributed by atoms with van der Waals surface area (Å²) < 4.78 is 0.917. The number of halogens is 1. The quantitative estimate of drug-likeness (QED) is 0.565. The van der Waals surface area contributed by atoms with Crippen LogP contribution in [0.25, 0.3) is 11.1 Å². The second-order valence-corrected chi connectivity index (χ2v) is 7.97. The Hall–Kier alpha value is -2.92. The van der Waals surface area contributed by atoms with Crippen molar-refractivity contribution in [1.29, 1.82) is 0 Å². The van der Waals surface area contributed by atoms with Gasteiger partial charge < -0.3 is 9.80 Å². The molecule has 0 N–H and O–H groups in total. The van der Waals surface area contributed by atoms with Gasteiger partial charge >= 0.3 is 0 Å². The molecule has 2 amide bonds. The van der Waals surface area contributed by atoms with Crippen LogP contribution in [0.5, 0.6) is 0 Å². The van der Waals surface area contributed by atoms with Crippen molar-refractivity contribution in [3.8, 4) is 11.1 Å². The van der Waals surface area contributed by atoms with E-state index in [2.05, 4.69) is 15.9 Å². The summed E-state index contributed by atoms with van der Waals surface area (Å²) in [4.78, 5) is 29.6. The van der Waals surface area contributed by atoms with E-state index in [0.717, 1.165) is 21.3 Å². The van der Waals surface area contributed by atoms with E-state index in [-0.39, 0.29) is 11.8 Å². The highest BCUT2D eigenvalue weighted by atomic mass is 79.9. The third kappa shape index (κ3) is 3.83. The maximum Gasteiger partial charge on any atom is 0.254 e. The molecule has 1 aliphatic rings. The third-order valence-corrected chi connectivity index (χ3v) is 5.82. The standard InChI is InChI=1S/C24H21BrN2O2/c1-17-23(28)27(16-15-26(17)24(29)19-11-13-20(25)14-12-19)22-10-6-5-9-21(22)18-7-3-2-4-8-18/h2-14,17H,15-16H2,1H3/t17-/m1/s1. The van der Waals surface area contributed by atoms with Crippen LogP contribution in [0.15, 0.2) is 83.3 Å². The molecular weight excluding hydrogens is 428 g/mol. The molecule has 1 saturated heterocycles. The van der Waals surface area contributed by atoms with Crippen LogP contribution in [0.4, 0.5) is 5.69 Å². The van der Waals surface area contributed by atoms with E-state index in [1.165, 1.54) is 0 Å². The van der Waals surface area contributed by atoms with Crippen LogP contribution < -0.4 is 4.90 Å². The Morgan fingerprint density at radius 2 is 1.55 bits per heavy atom. The van der Waals surface area contributed by atoms with Gasteiger partial charge in [0.2, 0.25) is 5.91 Å². The first-order valence-corrected chi connectivity index (χ1v) is 10.4. The van der Waals surface area contributed by atoms with Crippen molar-refractivity contribution in [3.63, 3.8) is 0 Å². The molecule has 0 unspecified atom stereocenters. The summed E-state index contributed by atoms with van der Waals surface area (Å²) in [5, 5.41) is 0. The van der Waals surface area contributed by atoms with E-state index in [9.17, 15) is 9.59 Å². The van der Waals surface area contributed by atoms with E-state index >= 15 is 0 Å².